The lowest BCUT2D eigenvalue weighted by atomic mass is 10.1. The fraction of sp³-hybridized carbons (Fsp3) is 0.462. The van der Waals surface area contributed by atoms with E-state index in [9.17, 15) is 9.90 Å². The van der Waals surface area contributed by atoms with Gasteiger partial charge in [-0.3, -0.25) is 0 Å². The minimum atomic E-state index is -0.976. The summed E-state index contributed by atoms with van der Waals surface area (Å²) in [5.74, 6) is -0.784. The van der Waals surface area contributed by atoms with Gasteiger partial charge >= 0.3 is 5.97 Å². The number of rotatable bonds is 4. The lowest BCUT2D eigenvalue weighted by Crippen LogP contribution is -2.10. The molecule has 2 aromatic heterocycles. The number of carbonyl (C=O) groups is 1. The van der Waals surface area contributed by atoms with Crippen LogP contribution < -0.4 is 0 Å². The highest BCUT2D eigenvalue weighted by atomic mass is 16.4. The lowest BCUT2D eigenvalue weighted by molar-refractivity contribution is 0.0687. The maximum Gasteiger partial charge on any atom is 0.354 e. The number of hydrogen-bond donors (Lipinski definition) is 1. The number of aromatic carboxylic acids is 1. The number of hydrogen-bond acceptors (Lipinski definition) is 3. The molecule has 0 aromatic carbocycles. The van der Waals surface area contributed by atoms with Gasteiger partial charge in [0.05, 0.1) is 5.69 Å². The van der Waals surface area contributed by atoms with Gasteiger partial charge < -0.3 is 5.11 Å². The maximum atomic E-state index is 11.3. The first kappa shape index (κ1) is 12.5. The average Bonchev–Trinajstić information content (AvgIpc) is 2.69. The Labute approximate surface area is 105 Å². The van der Waals surface area contributed by atoms with Crippen LogP contribution in [0.2, 0.25) is 0 Å². The van der Waals surface area contributed by atoms with Gasteiger partial charge in [-0.1, -0.05) is 27.2 Å². The second-order valence-corrected chi connectivity index (χ2v) is 4.68. The predicted molar refractivity (Wildman–Crippen MR) is 68.0 cm³/mol. The van der Waals surface area contributed by atoms with Crippen molar-refractivity contribution < 1.29 is 9.90 Å². The standard InChI is InChI=1S/C13H17N3O2/c1-4-5-9-6-12-14-10(8(2)3)7-11(13(17)18)16(12)15-9/h6-8H,4-5H2,1-3H3,(H,17,18). The van der Waals surface area contributed by atoms with E-state index in [-0.39, 0.29) is 11.6 Å². The Morgan fingerprint density at radius 1 is 1.44 bits per heavy atom. The third-order valence-corrected chi connectivity index (χ3v) is 2.81. The molecule has 0 aliphatic heterocycles. The van der Waals surface area contributed by atoms with Crippen LogP contribution in [0.5, 0.6) is 0 Å². The molecule has 5 nitrogen and oxygen atoms in total. The summed E-state index contributed by atoms with van der Waals surface area (Å²) in [5, 5.41) is 13.5. The summed E-state index contributed by atoms with van der Waals surface area (Å²) in [6.45, 7) is 6.05. The molecule has 0 saturated heterocycles. The summed E-state index contributed by atoms with van der Waals surface area (Å²) in [6, 6.07) is 3.46. The molecule has 0 atom stereocenters. The van der Waals surface area contributed by atoms with Crippen molar-refractivity contribution in [2.75, 3.05) is 0 Å². The molecule has 0 saturated carbocycles. The van der Waals surface area contributed by atoms with Gasteiger partial charge in [0.1, 0.15) is 0 Å². The van der Waals surface area contributed by atoms with E-state index in [0.717, 1.165) is 24.2 Å². The molecule has 0 spiro atoms. The predicted octanol–water partition coefficient (Wildman–Crippen LogP) is 2.50. The Balaban J connectivity index is 2.65. The zero-order valence-electron chi connectivity index (χ0n) is 10.8. The van der Waals surface area contributed by atoms with Gasteiger partial charge in [0, 0.05) is 11.8 Å². The summed E-state index contributed by atoms with van der Waals surface area (Å²) < 4.78 is 1.42. The normalized spacial score (nSPS) is 11.3. The molecule has 0 bridgehead atoms. The Bertz CT molecular complexity index is 587. The molecule has 18 heavy (non-hydrogen) atoms. The number of fused-ring (bicyclic) bond motifs is 1. The molecule has 2 aromatic rings. The number of carboxylic acid groups (broad SMARTS) is 1. The molecule has 1 N–H and O–H groups in total. The molecule has 0 unspecified atom stereocenters. The van der Waals surface area contributed by atoms with Gasteiger partial charge in [0.15, 0.2) is 11.3 Å². The average molecular weight is 247 g/mol. The van der Waals surface area contributed by atoms with E-state index in [2.05, 4.69) is 17.0 Å². The van der Waals surface area contributed by atoms with E-state index in [1.807, 2.05) is 19.9 Å². The van der Waals surface area contributed by atoms with Crippen molar-refractivity contribution in [2.24, 2.45) is 0 Å². The van der Waals surface area contributed by atoms with Crippen molar-refractivity contribution in [2.45, 2.75) is 39.5 Å². The van der Waals surface area contributed by atoms with E-state index < -0.39 is 5.97 Å². The smallest absolute Gasteiger partial charge is 0.354 e. The Kier molecular flexibility index (Phi) is 3.32. The summed E-state index contributed by atoms with van der Waals surface area (Å²) in [7, 11) is 0. The van der Waals surface area contributed by atoms with Gasteiger partial charge in [-0.15, -0.1) is 0 Å². The van der Waals surface area contributed by atoms with Crippen LogP contribution in [0.25, 0.3) is 5.65 Å². The fourth-order valence-electron chi connectivity index (χ4n) is 1.87. The highest BCUT2D eigenvalue weighted by molar-refractivity contribution is 5.86. The van der Waals surface area contributed by atoms with Gasteiger partial charge in [0.2, 0.25) is 0 Å². The fourth-order valence-corrected chi connectivity index (χ4v) is 1.87. The zero-order chi connectivity index (χ0) is 13.3. The number of aryl methyl sites for hydroxylation is 1. The second kappa shape index (κ2) is 4.76. The van der Waals surface area contributed by atoms with Crippen molar-refractivity contribution in [1.82, 2.24) is 14.6 Å². The molecular formula is C13H17N3O2. The third-order valence-electron chi connectivity index (χ3n) is 2.81. The number of aromatic nitrogens is 3. The van der Waals surface area contributed by atoms with Crippen molar-refractivity contribution >= 4 is 11.6 Å². The minimum absolute atomic E-state index is 0.172. The van der Waals surface area contributed by atoms with Crippen molar-refractivity contribution in [3.8, 4) is 0 Å². The van der Waals surface area contributed by atoms with E-state index in [1.54, 1.807) is 6.07 Å². The Morgan fingerprint density at radius 3 is 2.72 bits per heavy atom. The molecular weight excluding hydrogens is 230 g/mol. The first-order chi connectivity index (χ1) is 8.52. The Morgan fingerprint density at radius 2 is 2.17 bits per heavy atom. The van der Waals surface area contributed by atoms with Crippen LogP contribution >= 0.6 is 0 Å². The Hall–Kier alpha value is -1.91. The van der Waals surface area contributed by atoms with Crippen molar-refractivity contribution in [3.05, 3.63) is 29.2 Å². The summed E-state index contributed by atoms with van der Waals surface area (Å²) in [6.07, 6.45) is 1.81. The topological polar surface area (TPSA) is 67.5 Å². The SMILES string of the molecule is CCCc1cc2nc(C(C)C)cc(C(=O)O)n2n1. The van der Waals surface area contributed by atoms with Gasteiger partial charge in [0.25, 0.3) is 0 Å². The highest BCUT2D eigenvalue weighted by Crippen LogP contribution is 2.17. The van der Waals surface area contributed by atoms with Crippen LogP contribution in [-0.4, -0.2) is 25.7 Å². The molecule has 2 heterocycles. The van der Waals surface area contributed by atoms with E-state index in [0.29, 0.717) is 5.65 Å². The summed E-state index contributed by atoms with van der Waals surface area (Å²) >= 11 is 0. The first-order valence-corrected chi connectivity index (χ1v) is 6.15. The third kappa shape index (κ3) is 2.20. The molecule has 0 aliphatic rings. The number of carboxylic acids is 1. The van der Waals surface area contributed by atoms with E-state index in [4.69, 9.17) is 0 Å². The summed E-state index contributed by atoms with van der Waals surface area (Å²) in [4.78, 5) is 15.7. The van der Waals surface area contributed by atoms with Crippen LogP contribution in [0, 0.1) is 0 Å². The lowest BCUT2D eigenvalue weighted by Gasteiger charge is -2.06. The second-order valence-electron chi connectivity index (χ2n) is 4.68. The minimum Gasteiger partial charge on any atom is -0.477 e. The summed E-state index contributed by atoms with van der Waals surface area (Å²) in [5.41, 5.74) is 2.45. The van der Waals surface area contributed by atoms with Gasteiger partial charge in [-0.25, -0.2) is 14.3 Å². The molecule has 5 heteroatoms. The molecule has 96 valence electrons. The van der Waals surface area contributed by atoms with Crippen molar-refractivity contribution in [1.29, 1.82) is 0 Å². The van der Waals surface area contributed by atoms with Crippen LogP contribution in [0.3, 0.4) is 0 Å². The molecule has 0 amide bonds. The highest BCUT2D eigenvalue weighted by Gasteiger charge is 2.15. The van der Waals surface area contributed by atoms with E-state index >= 15 is 0 Å². The van der Waals surface area contributed by atoms with Crippen LogP contribution in [0.1, 0.15) is 55.0 Å². The monoisotopic (exact) mass is 247 g/mol. The quantitative estimate of drug-likeness (QED) is 0.901. The van der Waals surface area contributed by atoms with Gasteiger partial charge in [-0.05, 0) is 18.4 Å². The molecule has 0 aliphatic carbocycles. The molecule has 0 radical (unpaired) electrons. The first-order valence-electron chi connectivity index (χ1n) is 6.15. The molecule has 0 fully saturated rings. The largest absolute Gasteiger partial charge is 0.477 e. The zero-order valence-corrected chi connectivity index (χ0v) is 10.8. The number of nitrogens with zero attached hydrogens (tertiary/aromatic N) is 3. The van der Waals surface area contributed by atoms with Crippen LogP contribution in [-0.2, 0) is 6.42 Å². The van der Waals surface area contributed by atoms with Crippen LogP contribution in [0.4, 0.5) is 0 Å². The van der Waals surface area contributed by atoms with Crippen LogP contribution in [0.15, 0.2) is 12.1 Å². The van der Waals surface area contributed by atoms with E-state index in [1.165, 1.54) is 4.52 Å². The molecule has 2 rings (SSSR count). The maximum absolute atomic E-state index is 11.3. The van der Waals surface area contributed by atoms with Gasteiger partial charge in [-0.2, -0.15) is 5.10 Å². The van der Waals surface area contributed by atoms with Crippen molar-refractivity contribution in [3.63, 3.8) is 0 Å².